The second kappa shape index (κ2) is 6.92. The second-order valence-electron chi connectivity index (χ2n) is 5.00. The number of aromatic nitrogens is 1. The van der Waals surface area contributed by atoms with Gasteiger partial charge in [0.15, 0.2) is 0 Å². The van der Waals surface area contributed by atoms with Crippen LogP contribution >= 0.6 is 0 Å². The molecular weight excluding hydrogens is 266 g/mol. The molecule has 0 aromatic carbocycles. The van der Waals surface area contributed by atoms with Gasteiger partial charge in [0.2, 0.25) is 0 Å². The zero-order valence-electron chi connectivity index (χ0n) is 12.6. The van der Waals surface area contributed by atoms with E-state index in [2.05, 4.69) is 22.5 Å². The maximum Gasteiger partial charge on any atom is 0.253 e. The summed E-state index contributed by atoms with van der Waals surface area (Å²) in [5.74, 6) is 2.20. The summed E-state index contributed by atoms with van der Waals surface area (Å²) in [5, 5.41) is 6.07. The highest BCUT2D eigenvalue weighted by Crippen LogP contribution is 2.16. The summed E-state index contributed by atoms with van der Waals surface area (Å²) < 4.78 is 5.51. The molecule has 112 valence electrons. The zero-order valence-corrected chi connectivity index (χ0v) is 12.6. The minimum Gasteiger partial charge on any atom is -0.464 e. The molecule has 2 heterocycles. The molecule has 0 spiro atoms. The van der Waals surface area contributed by atoms with Crippen molar-refractivity contribution in [3.05, 3.63) is 47.5 Å². The lowest BCUT2D eigenvalue weighted by Gasteiger charge is -2.11. The third-order valence-electron chi connectivity index (χ3n) is 3.12. The Morgan fingerprint density at radius 3 is 2.71 bits per heavy atom. The number of amides is 1. The second-order valence-corrected chi connectivity index (χ2v) is 5.00. The van der Waals surface area contributed by atoms with Crippen LogP contribution in [0.15, 0.2) is 34.9 Å². The maximum absolute atomic E-state index is 12.1. The van der Waals surface area contributed by atoms with Crippen LogP contribution in [-0.2, 0) is 0 Å². The first-order valence-corrected chi connectivity index (χ1v) is 7.17. The molecule has 0 saturated carbocycles. The lowest BCUT2D eigenvalue weighted by Crippen LogP contribution is -2.26. The van der Waals surface area contributed by atoms with Crippen LogP contribution in [0.1, 0.15) is 48.2 Å². The Hall–Kier alpha value is -2.30. The van der Waals surface area contributed by atoms with E-state index in [1.165, 1.54) is 0 Å². The average molecular weight is 287 g/mol. The van der Waals surface area contributed by atoms with Crippen LogP contribution in [0.3, 0.4) is 0 Å². The van der Waals surface area contributed by atoms with Gasteiger partial charge in [0.25, 0.3) is 5.91 Å². The van der Waals surface area contributed by atoms with Gasteiger partial charge in [-0.3, -0.25) is 4.79 Å². The van der Waals surface area contributed by atoms with Crippen LogP contribution in [0, 0.1) is 6.92 Å². The van der Waals surface area contributed by atoms with Gasteiger partial charge in [-0.2, -0.15) is 0 Å². The molecule has 0 aliphatic heterocycles. The van der Waals surface area contributed by atoms with Crippen LogP contribution < -0.4 is 10.6 Å². The monoisotopic (exact) mass is 287 g/mol. The maximum atomic E-state index is 12.1. The fourth-order valence-electron chi connectivity index (χ4n) is 1.92. The largest absolute Gasteiger partial charge is 0.464 e. The van der Waals surface area contributed by atoms with Crippen molar-refractivity contribution in [2.45, 2.75) is 33.2 Å². The van der Waals surface area contributed by atoms with E-state index in [0.717, 1.165) is 30.3 Å². The fraction of sp³-hybridized carbons (Fsp3) is 0.375. The SMILES string of the molecule is CCCNc1ccc(C(=O)NC(C)c2ccc(C)o2)cn1. The number of carbonyl (C=O) groups excluding carboxylic acids is 1. The highest BCUT2D eigenvalue weighted by atomic mass is 16.3. The number of hydrogen-bond acceptors (Lipinski definition) is 4. The van der Waals surface area contributed by atoms with E-state index in [1.54, 1.807) is 12.3 Å². The molecule has 2 aromatic rings. The first-order chi connectivity index (χ1) is 10.1. The Labute approximate surface area is 124 Å². The molecule has 1 atom stereocenters. The van der Waals surface area contributed by atoms with Gasteiger partial charge in [-0.15, -0.1) is 0 Å². The van der Waals surface area contributed by atoms with Gasteiger partial charge in [-0.25, -0.2) is 4.98 Å². The Bertz CT molecular complexity index is 590. The summed E-state index contributed by atoms with van der Waals surface area (Å²) in [7, 11) is 0. The van der Waals surface area contributed by atoms with E-state index in [1.807, 2.05) is 32.0 Å². The first-order valence-electron chi connectivity index (χ1n) is 7.17. The zero-order chi connectivity index (χ0) is 15.2. The standard InChI is InChI=1S/C16H21N3O2/c1-4-9-17-15-8-6-13(10-18-15)16(20)19-12(3)14-7-5-11(2)21-14/h5-8,10,12H,4,9H2,1-3H3,(H,17,18)(H,19,20). The quantitative estimate of drug-likeness (QED) is 0.855. The van der Waals surface area contributed by atoms with E-state index < -0.39 is 0 Å². The number of aryl methyl sites for hydroxylation is 1. The molecule has 0 aliphatic carbocycles. The van der Waals surface area contributed by atoms with Gasteiger partial charge >= 0.3 is 0 Å². The first kappa shape index (κ1) is 15.1. The van der Waals surface area contributed by atoms with Crippen LogP contribution in [-0.4, -0.2) is 17.4 Å². The fourth-order valence-corrected chi connectivity index (χ4v) is 1.92. The molecule has 0 fully saturated rings. The van der Waals surface area contributed by atoms with Gasteiger partial charge in [-0.05, 0) is 44.5 Å². The number of anilines is 1. The predicted octanol–water partition coefficient (Wildman–Crippen LogP) is 3.30. The van der Waals surface area contributed by atoms with Crippen molar-refractivity contribution in [2.75, 3.05) is 11.9 Å². The molecular formula is C16H21N3O2. The van der Waals surface area contributed by atoms with E-state index in [4.69, 9.17) is 4.42 Å². The number of rotatable bonds is 6. The minimum atomic E-state index is -0.177. The molecule has 0 saturated heterocycles. The third-order valence-corrected chi connectivity index (χ3v) is 3.12. The van der Waals surface area contributed by atoms with Gasteiger partial charge in [-0.1, -0.05) is 6.92 Å². The Morgan fingerprint density at radius 2 is 2.14 bits per heavy atom. The molecule has 2 rings (SSSR count). The lowest BCUT2D eigenvalue weighted by atomic mass is 10.2. The number of hydrogen-bond donors (Lipinski definition) is 2. The van der Waals surface area contributed by atoms with E-state index in [0.29, 0.717) is 5.56 Å². The summed E-state index contributed by atoms with van der Waals surface area (Å²) in [4.78, 5) is 16.4. The molecule has 2 N–H and O–H groups in total. The third kappa shape index (κ3) is 4.08. The number of nitrogens with one attached hydrogen (secondary N) is 2. The van der Waals surface area contributed by atoms with Crippen LogP contribution in [0.5, 0.6) is 0 Å². The number of carbonyl (C=O) groups is 1. The van der Waals surface area contributed by atoms with Gasteiger partial charge in [0.1, 0.15) is 17.3 Å². The summed E-state index contributed by atoms with van der Waals surface area (Å²) in [6.07, 6.45) is 2.61. The Kier molecular flexibility index (Phi) is 4.98. The average Bonchev–Trinajstić information content (AvgIpc) is 2.92. The van der Waals surface area contributed by atoms with Crippen molar-refractivity contribution in [2.24, 2.45) is 0 Å². The van der Waals surface area contributed by atoms with Crippen molar-refractivity contribution in [1.29, 1.82) is 0 Å². The molecule has 21 heavy (non-hydrogen) atoms. The van der Waals surface area contributed by atoms with E-state index in [9.17, 15) is 4.79 Å². The van der Waals surface area contributed by atoms with Crippen LogP contribution in [0.25, 0.3) is 0 Å². The summed E-state index contributed by atoms with van der Waals surface area (Å²) >= 11 is 0. The van der Waals surface area contributed by atoms with E-state index in [-0.39, 0.29) is 11.9 Å². The van der Waals surface area contributed by atoms with Gasteiger partial charge in [0, 0.05) is 12.7 Å². The number of pyridine rings is 1. The minimum absolute atomic E-state index is 0.161. The van der Waals surface area contributed by atoms with Crippen molar-refractivity contribution < 1.29 is 9.21 Å². The number of furan rings is 1. The predicted molar refractivity (Wildman–Crippen MR) is 82.3 cm³/mol. The van der Waals surface area contributed by atoms with Crippen LogP contribution in [0.2, 0.25) is 0 Å². The Morgan fingerprint density at radius 1 is 1.33 bits per heavy atom. The van der Waals surface area contributed by atoms with E-state index >= 15 is 0 Å². The van der Waals surface area contributed by atoms with Crippen molar-refractivity contribution in [3.63, 3.8) is 0 Å². The molecule has 1 amide bonds. The molecule has 0 radical (unpaired) electrons. The van der Waals surface area contributed by atoms with Crippen molar-refractivity contribution >= 4 is 11.7 Å². The molecule has 0 bridgehead atoms. The molecule has 2 aromatic heterocycles. The van der Waals surface area contributed by atoms with Crippen molar-refractivity contribution in [1.82, 2.24) is 10.3 Å². The van der Waals surface area contributed by atoms with Crippen LogP contribution in [0.4, 0.5) is 5.82 Å². The molecule has 5 nitrogen and oxygen atoms in total. The summed E-state index contributed by atoms with van der Waals surface area (Å²) in [6, 6.07) is 7.15. The topological polar surface area (TPSA) is 67.2 Å². The number of nitrogens with zero attached hydrogens (tertiary/aromatic N) is 1. The normalized spacial score (nSPS) is 12.0. The Balaban J connectivity index is 1.96. The van der Waals surface area contributed by atoms with Gasteiger partial charge in [0.05, 0.1) is 11.6 Å². The molecule has 5 heteroatoms. The highest BCUT2D eigenvalue weighted by Gasteiger charge is 2.14. The highest BCUT2D eigenvalue weighted by molar-refractivity contribution is 5.94. The summed E-state index contributed by atoms with van der Waals surface area (Å²) in [6.45, 7) is 6.73. The van der Waals surface area contributed by atoms with Gasteiger partial charge < -0.3 is 15.1 Å². The summed E-state index contributed by atoms with van der Waals surface area (Å²) in [5.41, 5.74) is 0.534. The molecule has 0 aliphatic rings. The molecule has 1 unspecified atom stereocenters. The van der Waals surface area contributed by atoms with Crippen molar-refractivity contribution in [3.8, 4) is 0 Å². The lowest BCUT2D eigenvalue weighted by molar-refractivity contribution is 0.0935. The smallest absolute Gasteiger partial charge is 0.253 e.